The molecule has 7 heteroatoms. The molecule has 0 aliphatic rings. The van der Waals surface area contributed by atoms with Crippen LogP contribution in [0.3, 0.4) is 0 Å². The fourth-order valence-corrected chi connectivity index (χ4v) is 3.26. The van der Waals surface area contributed by atoms with E-state index in [1.165, 1.54) is 6.92 Å². The highest BCUT2D eigenvalue weighted by molar-refractivity contribution is 6.01. The van der Waals surface area contributed by atoms with Crippen LogP contribution >= 0.6 is 0 Å². The molecule has 0 aliphatic carbocycles. The summed E-state index contributed by atoms with van der Waals surface area (Å²) in [6.07, 6.45) is 0. The SMILES string of the molecule is CC(=O)c1c(C)[nH]c(C(=O)OCC(=O)Nc2ccc(OCc3ccccc3)cc2)c1C. The van der Waals surface area contributed by atoms with Gasteiger partial charge in [0.2, 0.25) is 0 Å². The number of rotatable bonds is 8. The molecule has 0 radical (unpaired) electrons. The van der Waals surface area contributed by atoms with Crippen LogP contribution in [0.25, 0.3) is 0 Å². The molecule has 31 heavy (non-hydrogen) atoms. The molecule has 0 aliphatic heterocycles. The van der Waals surface area contributed by atoms with Gasteiger partial charge in [-0.05, 0) is 56.2 Å². The minimum Gasteiger partial charge on any atom is -0.489 e. The van der Waals surface area contributed by atoms with E-state index >= 15 is 0 Å². The summed E-state index contributed by atoms with van der Waals surface area (Å²) in [7, 11) is 0. The third-order valence-corrected chi connectivity index (χ3v) is 4.71. The molecule has 0 unspecified atom stereocenters. The van der Waals surface area contributed by atoms with Crippen molar-refractivity contribution < 1.29 is 23.9 Å². The molecule has 2 aromatic carbocycles. The Kier molecular flexibility index (Phi) is 6.87. The van der Waals surface area contributed by atoms with E-state index in [1.54, 1.807) is 38.1 Å². The number of hydrogen-bond donors (Lipinski definition) is 2. The highest BCUT2D eigenvalue weighted by Crippen LogP contribution is 2.20. The van der Waals surface area contributed by atoms with Crippen molar-refractivity contribution in [2.45, 2.75) is 27.4 Å². The Hall–Kier alpha value is -3.87. The van der Waals surface area contributed by atoms with Crippen LogP contribution in [0.4, 0.5) is 5.69 Å². The zero-order valence-electron chi connectivity index (χ0n) is 17.7. The van der Waals surface area contributed by atoms with E-state index in [0.717, 1.165) is 5.56 Å². The van der Waals surface area contributed by atoms with E-state index in [-0.39, 0.29) is 11.5 Å². The first-order chi connectivity index (χ1) is 14.8. The first-order valence-corrected chi connectivity index (χ1v) is 9.79. The second-order valence-electron chi connectivity index (χ2n) is 7.10. The third-order valence-electron chi connectivity index (χ3n) is 4.71. The van der Waals surface area contributed by atoms with E-state index in [9.17, 15) is 14.4 Å². The van der Waals surface area contributed by atoms with Gasteiger partial charge in [0.25, 0.3) is 5.91 Å². The molecule has 1 aromatic heterocycles. The molecule has 1 amide bonds. The van der Waals surface area contributed by atoms with Gasteiger partial charge in [0, 0.05) is 16.9 Å². The lowest BCUT2D eigenvalue weighted by Gasteiger charge is -2.09. The van der Waals surface area contributed by atoms with Crippen molar-refractivity contribution in [2.75, 3.05) is 11.9 Å². The predicted molar refractivity (Wildman–Crippen MR) is 116 cm³/mol. The van der Waals surface area contributed by atoms with Crippen molar-refractivity contribution in [2.24, 2.45) is 0 Å². The van der Waals surface area contributed by atoms with Crippen molar-refractivity contribution in [3.8, 4) is 5.75 Å². The number of aryl methyl sites for hydroxylation is 1. The van der Waals surface area contributed by atoms with E-state index in [2.05, 4.69) is 10.3 Å². The fourth-order valence-electron chi connectivity index (χ4n) is 3.26. The molecule has 1 heterocycles. The van der Waals surface area contributed by atoms with Crippen LogP contribution in [-0.2, 0) is 16.1 Å². The predicted octanol–water partition coefficient (Wildman–Crippen LogP) is 4.21. The smallest absolute Gasteiger partial charge is 0.355 e. The zero-order chi connectivity index (χ0) is 22.4. The summed E-state index contributed by atoms with van der Waals surface area (Å²) < 4.78 is 10.8. The number of aromatic amines is 1. The number of ether oxygens (including phenoxy) is 2. The Morgan fingerprint density at radius 2 is 1.65 bits per heavy atom. The fraction of sp³-hybridized carbons (Fsp3) is 0.208. The summed E-state index contributed by atoms with van der Waals surface area (Å²) in [4.78, 5) is 38.9. The number of ketones is 1. The summed E-state index contributed by atoms with van der Waals surface area (Å²) in [5, 5.41) is 2.66. The molecular formula is C24H24N2O5. The molecule has 0 bridgehead atoms. The Balaban J connectivity index is 1.50. The lowest BCUT2D eigenvalue weighted by Crippen LogP contribution is -2.21. The van der Waals surface area contributed by atoms with Crippen LogP contribution in [0.15, 0.2) is 54.6 Å². The average Bonchev–Trinajstić information content (AvgIpc) is 3.06. The summed E-state index contributed by atoms with van der Waals surface area (Å²) in [5.74, 6) is -0.627. The number of benzene rings is 2. The molecule has 2 N–H and O–H groups in total. The number of nitrogens with one attached hydrogen (secondary N) is 2. The summed E-state index contributed by atoms with van der Waals surface area (Å²) in [6.45, 7) is 4.81. The first-order valence-electron chi connectivity index (χ1n) is 9.79. The van der Waals surface area contributed by atoms with Crippen molar-refractivity contribution in [1.82, 2.24) is 4.98 Å². The molecule has 0 saturated carbocycles. The third kappa shape index (κ3) is 5.60. The summed E-state index contributed by atoms with van der Waals surface area (Å²) in [5.41, 5.74) is 3.36. The molecule has 0 fully saturated rings. The van der Waals surface area contributed by atoms with Crippen molar-refractivity contribution in [1.29, 1.82) is 0 Å². The van der Waals surface area contributed by atoms with Gasteiger partial charge in [-0.25, -0.2) is 4.79 Å². The minimum atomic E-state index is -0.687. The zero-order valence-corrected chi connectivity index (χ0v) is 17.7. The number of Topliss-reactive ketones (excluding diaryl/α,β-unsaturated/α-hetero) is 1. The van der Waals surface area contributed by atoms with Crippen LogP contribution in [-0.4, -0.2) is 29.3 Å². The maximum absolute atomic E-state index is 12.3. The number of anilines is 1. The normalized spacial score (nSPS) is 10.4. The number of esters is 1. The highest BCUT2D eigenvalue weighted by Gasteiger charge is 2.21. The van der Waals surface area contributed by atoms with Gasteiger partial charge in [0.1, 0.15) is 18.1 Å². The average molecular weight is 420 g/mol. The van der Waals surface area contributed by atoms with Gasteiger partial charge >= 0.3 is 5.97 Å². The monoisotopic (exact) mass is 420 g/mol. The van der Waals surface area contributed by atoms with Crippen molar-refractivity contribution >= 4 is 23.3 Å². The first kappa shape index (κ1) is 21.8. The van der Waals surface area contributed by atoms with E-state index in [4.69, 9.17) is 9.47 Å². The van der Waals surface area contributed by atoms with Crippen LogP contribution in [0.1, 0.15) is 44.6 Å². The number of carbonyl (C=O) groups excluding carboxylic acids is 3. The summed E-state index contributed by atoms with van der Waals surface area (Å²) >= 11 is 0. The lowest BCUT2D eigenvalue weighted by atomic mass is 10.1. The maximum atomic E-state index is 12.3. The van der Waals surface area contributed by atoms with E-state index < -0.39 is 18.5 Å². The molecule has 3 aromatic rings. The second-order valence-corrected chi connectivity index (χ2v) is 7.10. The van der Waals surface area contributed by atoms with Gasteiger partial charge in [-0.15, -0.1) is 0 Å². The molecule has 0 spiro atoms. The number of aromatic nitrogens is 1. The van der Waals surface area contributed by atoms with Gasteiger partial charge in [-0.2, -0.15) is 0 Å². The van der Waals surface area contributed by atoms with Gasteiger partial charge in [-0.1, -0.05) is 30.3 Å². The number of carbonyl (C=O) groups is 3. The Labute approximate surface area is 180 Å². The van der Waals surface area contributed by atoms with Crippen LogP contribution in [0.2, 0.25) is 0 Å². The largest absolute Gasteiger partial charge is 0.489 e. The minimum absolute atomic E-state index is 0.140. The quantitative estimate of drug-likeness (QED) is 0.420. The molecular weight excluding hydrogens is 396 g/mol. The number of H-pyrrole nitrogens is 1. The molecule has 7 nitrogen and oxygen atoms in total. The lowest BCUT2D eigenvalue weighted by molar-refractivity contribution is -0.119. The Morgan fingerprint density at radius 1 is 0.968 bits per heavy atom. The highest BCUT2D eigenvalue weighted by atomic mass is 16.5. The van der Waals surface area contributed by atoms with E-state index in [1.807, 2.05) is 30.3 Å². The second kappa shape index (κ2) is 9.75. The maximum Gasteiger partial charge on any atom is 0.355 e. The summed E-state index contributed by atoms with van der Waals surface area (Å²) in [6, 6.07) is 16.7. The Bertz CT molecular complexity index is 1090. The topological polar surface area (TPSA) is 97.5 Å². The van der Waals surface area contributed by atoms with E-state index in [0.29, 0.717) is 34.9 Å². The van der Waals surface area contributed by atoms with Gasteiger partial charge in [0.15, 0.2) is 12.4 Å². The van der Waals surface area contributed by atoms with Crippen LogP contribution in [0.5, 0.6) is 5.75 Å². The standard InChI is InChI=1S/C24H24N2O5/c1-15-22(17(3)27)16(2)25-23(15)24(29)31-14-21(28)26-19-9-11-20(12-10-19)30-13-18-7-5-4-6-8-18/h4-12,25H,13-14H2,1-3H3,(H,26,28). The van der Waals surface area contributed by atoms with Gasteiger partial charge < -0.3 is 19.8 Å². The van der Waals surface area contributed by atoms with Crippen molar-refractivity contribution in [3.63, 3.8) is 0 Å². The molecule has 0 saturated heterocycles. The molecule has 0 atom stereocenters. The van der Waals surface area contributed by atoms with Gasteiger partial charge in [-0.3, -0.25) is 9.59 Å². The van der Waals surface area contributed by atoms with Crippen LogP contribution in [0, 0.1) is 13.8 Å². The molecule has 160 valence electrons. The van der Waals surface area contributed by atoms with Gasteiger partial charge in [0.05, 0.1) is 0 Å². The van der Waals surface area contributed by atoms with Crippen LogP contribution < -0.4 is 10.1 Å². The Morgan fingerprint density at radius 3 is 2.26 bits per heavy atom. The van der Waals surface area contributed by atoms with Crippen molar-refractivity contribution in [3.05, 3.63) is 82.7 Å². The molecule has 3 rings (SSSR count). The number of hydrogen-bond acceptors (Lipinski definition) is 5. The number of amides is 1.